The van der Waals surface area contributed by atoms with Gasteiger partial charge in [-0.25, -0.2) is 9.18 Å². The van der Waals surface area contributed by atoms with Gasteiger partial charge in [0, 0.05) is 31.0 Å². The smallest absolute Gasteiger partial charge is 0.338 e. The van der Waals surface area contributed by atoms with Gasteiger partial charge in [-0.1, -0.05) is 6.07 Å². The van der Waals surface area contributed by atoms with Crippen LogP contribution in [-0.2, 0) is 32.0 Å². The molecule has 33 heavy (non-hydrogen) atoms. The van der Waals surface area contributed by atoms with Crippen molar-refractivity contribution in [1.29, 1.82) is 0 Å². The Morgan fingerprint density at radius 3 is 2.55 bits per heavy atom. The van der Waals surface area contributed by atoms with Gasteiger partial charge in [0.05, 0.1) is 25.1 Å². The lowest BCUT2D eigenvalue weighted by Gasteiger charge is -2.26. The lowest BCUT2D eigenvalue weighted by Crippen LogP contribution is -2.45. The molecule has 2 N–H and O–H groups in total. The second kappa shape index (κ2) is 11.5. The summed E-state index contributed by atoms with van der Waals surface area (Å²) in [7, 11) is 1.21. The van der Waals surface area contributed by atoms with E-state index in [4.69, 9.17) is 10.5 Å². The molecule has 1 atom stereocenters. The van der Waals surface area contributed by atoms with Gasteiger partial charge in [-0.15, -0.1) is 0 Å². The normalized spacial score (nSPS) is 12.1. The molecule has 0 aliphatic rings. The van der Waals surface area contributed by atoms with Crippen LogP contribution in [0.15, 0.2) is 42.7 Å². The summed E-state index contributed by atoms with van der Waals surface area (Å²) in [4.78, 5) is 42.4. The Hall–Kier alpha value is -3.33. The van der Waals surface area contributed by atoms with E-state index in [1.54, 1.807) is 39.2 Å². The number of nitrogens with two attached hydrogens (primary N) is 1. The van der Waals surface area contributed by atoms with Gasteiger partial charge in [0.1, 0.15) is 11.4 Å². The summed E-state index contributed by atoms with van der Waals surface area (Å²) in [5.74, 6) is -2.34. The molecular formula is C24H30FN3O5. The number of ether oxygens (including phenoxy) is 2. The van der Waals surface area contributed by atoms with Crippen molar-refractivity contribution in [3.05, 3.63) is 65.2 Å². The molecule has 0 fully saturated rings. The first-order valence-electron chi connectivity index (χ1n) is 10.5. The molecule has 0 saturated carbocycles. The number of hydrogen-bond acceptors (Lipinski definition) is 7. The Kier molecular flexibility index (Phi) is 9.04. The van der Waals surface area contributed by atoms with Crippen molar-refractivity contribution in [3.63, 3.8) is 0 Å². The molecule has 1 aromatic carbocycles. The van der Waals surface area contributed by atoms with Gasteiger partial charge in [-0.2, -0.15) is 0 Å². The molecule has 0 spiro atoms. The number of benzene rings is 1. The molecule has 0 radical (unpaired) electrons. The van der Waals surface area contributed by atoms with Crippen molar-refractivity contribution in [3.8, 4) is 0 Å². The predicted molar refractivity (Wildman–Crippen MR) is 120 cm³/mol. The molecule has 0 unspecified atom stereocenters. The van der Waals surface area contributed by atoms with E-state index in [-0.39, 0.29) is 30.6 Å². The molecule has 0 bridgehead atoms. The topological polar surface area (TPSA) is 112 Å². The zero-order chi connectivity index (χ0) is 24.6. The van der Waals surface area contributed by atoms with E-state index in [1.807, 2.05) is 6.07 Å². The van der Waals surface area contributed by atoms with E-state index in [0.29, 0.717) is 6.42 Å². The van der Waals surface area contributed by atoms with Crippen molar-refractivity contribution >= 4 is 17.8 Å². The van der Waals surface area contributed by atoms with Gasteiger partial charge in [0.15, 0.2) is 0 Å². The fraction of sp³-hybridized carbons (Fsp3) is 0.417. The van der Waals surface area contributed by atoms with Crippen molar-refractivity contribution < 1.29 is 28.2 Å². The summed E-state index contributed by atoms with van der Waals surface area (Å²) in [6.45, 7) is 5.26. The lowest BCUT2D eigenvalue weighted by atomic mass is 10.1. The number of methoxy groups -OCH3 is 1. The molecular weight excluding hydrogens is 429 g/mol. The largest absolute Gasteiger partial charge is 0.469 e. The summed E-state index contributed by atoms with van der Waals surface area (Å²) in [6.07, 6.45) is 3.44. The average molecular weight is 460 g/mol. The van der Waals surface area contributed by atoms with Crippen LogP contribution in [0.25, 0.3) is 0 Å². The van der Waals surface area contributed by atoms with Crippen LogP contribution < -0.4 is 5.73 Å². The number of halogens is 1. The molecule has 1 heterocycles. The second-order valence-corrected chi connectivity index (χ2v) is 8.57. The van der Waals surface area contributed by atoms with E-state index >= 15 is 0 Å². The second-order valence-electron chi connectivity index (χ2n) is 8.57. The fourth-order valence-corrected chi connectivity index (χ4v) is 3.03. The first kappa shape index (κ1) is 25.9. The van der Waals surface area contributed by atoms with E-state index in [0.717, 1.165) is 11.6 Å². The molecule has 1 amide bonds. The summed E-state index contributed by atoms with van der Waals surface area (Å²) in [5, 5.41) is 0. The van der Waals surface area contributed by atoms with Crippen LogP contribution in [-0.4, -0.2) is 53.0 Å². The first-order valence-corrected chi connectivity index (χ1v) is 10.5. The highest BCUT2D eigenvalue weighted by atomic mass is 19.1. The quantitative estimate of drug-likeness (QED) is 0.574. The SMILES string of the molecule is COC(=O)C[C@H](N)C(=O)N(CCc1cccnc1)Cc1cc(C(=O)OC(C)(C)C)ccc1F. The van der Waals surface area contributed by atoms with Gasteiger partial charge >= 0.3 is 11.9 Å². The molecule has 9 heteroatoms. The highest BCUT2D eigenvalue weighted by Crippen LogP contribution is 2.18. The Morgan fingerprint density at radius 1 is 1.21 bits per heavy atom. The monoisotopic (exact) mass is 459 g/mol. The predicted octanol–water partition coefficient (Wildman–Crippen LogP) is 2.64. The maximum atomic E-state index is 14.6. The highest BCUT2D eigenvalue weighted by Gasteiger charge is 2.25. The Labute approximate surface area is 192 Å². The Balaban J connectivity index is 2.27. The van der Waals surface area contributed by atoms with Gasteiger partial charge in [0.2, 0.25) is 5.91 Å². The fourth-order valence-electron chi connectivity index (χ4n) is 3.03. The number of rotatable bonds is 9. The average Bonchev–Trinajstić information content (AvgIpc) is 2.76. The summed E-state index contributed by atoms with van der Waals surface area (Å²) < 4.78 is 24.6. The molecule has 0 aliphatic heterocycles. The number of hydrogen-bond donors (Lipinski definition) is 1. The van der Waals surface area contributed by atoms with Crippen molar-refractivity contribution in [1.82, 2.24) is 9.88 Å². The van der Waals surface area contributed by atoms with Crippen LogP contribution in [0.4, 0.5) is 4.39 Å². The summed E-state index contributed by atoms with van der Waals surface area (Å²) >= 11 is 0. The van der Waals surface area contributed by atoms with Crippen LogP contribution in [0.2, 0.25) is 0 Å². The van der Waals surface area contributed by atoms with Gasteiger partial charge in [0.25, 0.3) is 0 Å². The minimum absolute atomic E-state index is 0.128. The maximum absolute atomic E-state index is 14.6. The zero-order valence-electron chi connectivity index (χ0n) is 19.3. The number of nitrogens with zero attached hydrogens (tertiary/aromatic N) is 2. The molecule has 178 valence electrons. The van der Waals surface area contributed by atoms with Crippen LogP contribution in [0.5, 0.6) is 0 Å². The minimum atomic E-state index is -1.15. The van der Waals surface area contributed by atoms with Gasteiger partial charge in [-0.05, 0) is 57.0 Å². The van der Waals surface area contributed by atoms with E-state index in [1.165, 1.54) is 24.1 Å². The Morgan fingerprint density at radius 2 is 1.94 bits per heavy atom. The summed E-state index contributed by atoms with van der Waals surface area (Å²) in [5.41, 5.74) is 6.39. The number of esters is 2. The molecule has 0 aliphatic carbocycles. The van der Waals surface area contributed by atoms with Crippen molar-refractivity contribution in [2.24, 2.45) is 5.73 Å². The van der Waals surface area contributed by atoms with Crippen LogP contribution in [0.3, 0.4) is 0 Å². The molecule has 2 aromatic rings. The zero-order valence-corrected chi connectivity index (χ0v) is 19.3. The third-order valence-corrected chi connectivity index (χ3v) is 4.68. The number of aromatic nitrogens is 1. The number of carbonyl (C=O) groups is 3. The molecule has 2 rings (SSSR count). The first-order chi connectivity index (χ1) is 15.5. The van der Waals surface area contributed by atoms with Crippen LogP contribution in [0.1, 0.15) is 48.7 Å². The summed E-state index contributed by atoms with van der Waals surface area (Å²) in [6, 6.07) is 6.33. The van der Waals surface area contributed by atoms with Crippen molar-refractivity contribution in [2.75, 3.05) is 13.7 Å². The maximum Gasteiger partial charge on any atom is 0.338 e. The molecule has 1 aromatic heterocycles. The molecule has 8 nitrogen and oxygen atoms in total. The van der Waals surface area contributed by atoms with E-state index < -0.39 is 35.3 Å². The standard InChI is InChI=1S/C24H30FN3O5/c1-24(2,3)33-23(31)17-7-8-19(25)18(12-17)15-28(11-9-16-6-5-10-27-14-16)22(30)20(26)13-21(29)32-4/h5-8,10,12,14,20H,9,11,13,15,26H2,1-4H3/t20-/m0/s1. The highest BCUT2D eigenvalue weighted by molar-refractivity contribution is 5.90. The minimum Gasteiger partial charge on any atom is -0.469 e. The van der Waals surface area contributed by atoms with Crippen LogP contribution >= 0.6 is 0 Å². The van der Waals surface area contributed by atoms with E-state index in [9.17, 15) is 18.8 Å². The van der Waals surface area contributed by atoms with Gasteiger partial charge < -0.3 is 20.1 Å². The molecule has 0 saturated heterocycles. The van der Waals surface area contributed by atoms with Crippen LogP contribution in [0, 0.1) is 5.82 Å². The third-order valence-electron chi connectivity index (χ3n) is 4.68. The van der Waals surface area contributed by atoms with Crippen molar-refractivity contribution in [2.45, 2.75) is 51.8 Å². The Bertz CT molecular complexity index is 976. The number of carbonyl (C=O) groups excluding carboxylic acids is 3. The van der Waals surface area contributed by atoms with E-state index in [2.05, 4.69) is 9.72 Å². The van der Waals surface area contributed by atoms with Gasteiger partial charge in [-0.3, -0.25) is 14.6 Å². The third kappa shape index (κ3) is 8.27. The number of pyridine rings is 1. The number of amides is 1. The lowest BCUT2D eigenvalue weighted by molar-refractivity contribution is -0.144.